The lowest BCUT2D eigenvalue weighted by Crippen LogP contribution is -2.53. The van der Waals surface area contributed by atoms with Crippen molar-refractivity contribution in [2.45, 2.75) is 19.5 Å². The summed E-state index contributed by atoms with van der Waals surface area (Å²) in [4.78, 5) is 10.9. The van der Waals surface area contributed by atoms with Gasteiger partial charge in [0.15, 0.2) is 5.96 Å². The van der Waals surface area contributed by atoms with Crippen LogP contribution in [0.2, 0.25) is 0 Å². The van der Waals surface area contributed by atoms with Crippen LogP contribution in [0.4, 0.5) is 0 Å². The van der Waals surface area contributed by atoms with Crippen LogP contribution in [0.1, 0.15) is 13.3 Å². The predicted octanol–water partition coefficient (Wildman–Crippen LogP) is 0.685. The number of nitrogens with zero attached hydrogens (tertiary/aromatic N) is 3. The van der Waals surface area contributed by atoms with Crippen molar-refractivity contribution in [1.29, 1.82) is 0 Å². The highest BCUT2D eigenvalue weighted by Gasteiger charge is 2.15. The number of allylic oxidation sites excluding steroid dienone is 2. The van der Waals surface area contributed by atoms with Gasteiger partial charge in [0.05, 0.1) is 6.54 Å². The topological polar surface area (TPSA) is 52.0 Å². The molecule has 5 nitrogen and oxygen atoms in total. The van der Waals surface area contributed by atoms with Crippen LogP contribution in [-0.4, -0.2) is 43.6 Å². The first-order valence-corrected chi connectivity index (χ1v) is 5.84. The molecule has 0 amide bonds. The number of guanidine groups is 2. The van der Waals surface area contributed by atoms with Gasteiger partial charge in [-0.15, -0.1) is 0 Å². The summed E-state index contributed by atoms with van der Waals surface area (Å²) in [5.74, 6) is 1.63. The summed E-state index contributed by atoms with van der Waals surface area (Å²) in [5, 5.41) is 6.37. The second-order valence-electron chi connectivity index (χ2n) is 4.37. The Hall–Kier alpha value is -1.78. The van der Waals surface area contributed by atoms with Crippen molar-refractivity contribution in [3.8, 4) is 0 Å². The molecule has 0 aromatic rings. The first-order chi connectivity index (χ1) is 8.15. The number of rotatable bonds is 2. The molecule has 92 valence electrons. The molecule has 0 bridgehead atoms. The van der Waals surface area contributed by atoms with E-state index in [1.54, 1.807) is 0 Å². The molecule has 1 unspecified atom stereocenters. The van der Waals surface area contributed by atoms with E-state index in [2.05, 4.69) is 38.8 Å². The van der Waals surface area contributed by atoms with E-state index in [-0.39, 0.29) is 6.17 Å². The second-order valence-corrected chi connectivity index (χ2v) is 4.37. The van der Waals surface area contributed by atoms with Gasteiger partial charge in [0.1, 0.15) is 6.17 Å². The lowest BCUT2D eigenvalue weighted by Gasteiger charge is -2.26. The van der Waals surface area contributed by atoms with Crippen molar-refractivity contribution in [3.05, 3.63) is 23.8 Å². The molecule has 0 saturated carbocycles. The molecule has 1 atom stereocenters. The number of hydrogen-bond donors (Lipinski definition) is 2. The lowest BCUT2D eigenvalue weighted by molar-refractivity contribution is 0.560. The highest BCUT2D eigenvalue weighted by molar-refractivity contribution is 6.00. The highest BCUT2D eigenvalue weighted by Crippen LogP contribution is 2.08. The Balaban J connectivity index is 2.00. The summed E-state index contributed by atoms with van der Waals surface area (Å²) >= 11 is 0. The quantitative estimate of drug-likeness (QED) is 0.737. The molecule has 1 aliphatic carbocycles. The van der Waals surface area contributed by atoms with E-state index in [9.17, 15) is 0 Å². The molecular weight excluding hydrogens is 214 g/mol. The standard InChI is InChI=1S/C12H19N5/c1-9-14-11(16-12(15-9)17(2)3)13-8-10-6-4-5-7-10/h4,6-7,9H,5,8H2,1-3H3,(H2,13,14,15,16). The molecule has 0 aromatic heterocycles. The Labute approximate surface area is 102 Å². The summed E-state index contributed by atoms with van der Waals surface area (Å²) in [5.41, 5.74) is 1.27. The lowest BCUT2D eigenvalue weighted by atomic mass is 10.3. The minimum atomic E-state index is 0.0560. The van der Waals surface area contributed by atoms with Gasteiger partial charge in [0.2, 0.25) is 5.96 Å². The molecule has 5 heteroatoms. The predicted molar refractivity (Wildman–Crippen MR) is 71.0 cm³/mol. The van der Waals surface area contributed by atoms with Gasteiger partial charge in [0, 0.05) is 14.1 Å². The summed E-state index contributed by atoms with van der Waals surface area (Å²) in [7, 11) is 3.92. The summed E-state index contributed by atoms with van der Waals surface area (Å²) in [6.07, 6.45) is 7.55. The van der Waals surface area contributed by atoms with Gasteiger partial charge in [-0.05, 0) is 18.9 Å². The Kier molecular flexibility index (Phi) is 3.46. The van der Waals surface area contributed by atoms with Crippen molar-refractivity contribution in [2.75, 3.05) is 20.6 Å². The van der Waals surface area contributed by atoms with Gasteiger partial charge in [0.25, 0.3) is 0 Å². The number of aliphatic imine (C=N–C) groups is 2. The summed E-state index contributed by atoms with van der Waals surface area (Å²) in [6, 6.07) is 0. The van der Waals surface area contributed by atoms with Gasteiger partial charge in [-0.2, -0.15) is 0 Å². The van der Waals surface area contributed by atoms with Crippen LogP contribution in [0.5, 0.6) is 0 Å². The van der Waals surface area contributed by atoms with Crippen molar-refractivity contribution >= 4 is 11.9 Å². The van der Waals surface area contributed by atoms with Crippen LogP contribution >= 0.6 is 0 Å². The minimum Gasteiger partial charge on any atom is -0.349 e. The molecule has 0 fully saturated rings. The normalized spacial score (nSPS) is 25.1. The Morgan fingerprint density at radius 1 is 1.53 bits per heavy atom. The van der Waals surface area contributed by atoms with Gasteiger partial charge in [-0.3, -0.25) is 5.32 Å². The average Bonchev–Trinajstić information content (AvgIpc) is 2.78. The molecule has 2 N–H and O–H groups in total. The maximum atomic E-state index is 4.52. The van der Waals surface area contributed by atoms with Gasteiger partial charge in [-0.1, -0.05) is 18.2 Å². The first-order valence-electron chi connectivity index (χ1n) is 5.84. The fourth-order valence-corrected chi connectivity index (χ4v) is 1.69. The molecule has 0 spiro atoms. The minimum absolute atomic E-state index is 0.0560. The summed E-state index contributed by atoms with van der Waals surface area (Å²) in [6.45, 7) is 2.72. The van der Waals surface area contributed by atoms with Gasteiger partial charge >= 0.3 is 0 Å². The molecule has 17 heavy (non-hydrogen) atoms. The van der Waals surface area contributed by atoms with E-state index in [0.29, 0.717) is 6.54 Å². The second kappa shape index (κ2) is 5.03. The molecule has 0 aromatic carbocycles. The van der Waals surface area contributed by atoms with E-state index in [1.165, 1.54) is 5.57 Å². The highest BCUT2D eigenvalue weighted by atomic mass is 15.4. The van der Waals surface area contributed by atoms with E-state index >= 15 is 0 Å². The van der Waals surface area contributed by atoms with Crippen LogP contribution in [0.25, 0.3) is 0 Å². The maximum absolute atomic E-state index is 4.52. The molecule has 1 heterocycles. The zero-order valence-electron chi connectivity index (χ0n) is 10.6. The largest absolute Gasteiger partial charge is 0.349 e. The fourth-order valence-electron chi connectivity index (χ4n) is 1.69. The molecule has 2 aliphatic rings. The van der Waals surface area contributed by atoms with Gasteiger partial charge < -0.3 is 10.2 Å². The Bertz CT molecular complexity index is 403. The van der Waals surface area contributed by atoms with Crippen molar-refractivity contribution in [3.63, 3.8) is 0 Å². The smallest absolute Gasteiger partial charge is 0.202 e. The molecular formula is C12H19N5. The van der Waals surface area contributed by atoms with Crippen LogP contribution in [0, 0.1) is 0 Å². The molecule has 0 radical (unpaired) electrons. The molecule has 1 aliphatic heterocycles. The van der Waals surface area contributed by atoms with E-state index in [0.717, 1.165) is 18.3 Å². The third kappa shape index (κ3) is 3.09. The third-order valence-electron chi connectivity index (χ3n) is 2.58. The number of nitrogens with one attached hydrogen (secondary N) is 2. The first kappa shape index (κ1) is 11.7. The Morgan fingerprint density at radius 2 is 2.35 bits per heavy atom. The summed E-state index contributed by atoms with van der Waals surface area (Å²) < 4.78 is 0. The SMILES string of the molecule is CC1N=C(N(C)C)NC(=NCC2=CCC=C2)N1. The molecule has 2 rings (SSSR count). The molecule has 0 saturated heterocycles. The van der Waals surface area contributed by atoms with Crippen LogP contribution < -0.4 is 10.6 Å². The maximum Gasteiger partial charge on any atom is 0.202 e. The third-order valence-corrected chi connectivity index (χ3v) is 2.58. The zero-order chi connectivity index (χ0) is 12.3. The van der Waals surface area contributed by atoms with Crippen LogP contribution in [0.3, 0.4) is 0 Å². The van der Waals surface area contributed by atoms with Crippen molar-refractivity contribution in [1.82, 2.24) is 15.5 Å². The van der Waals surface area contributed by atoms with Crippen LogP contribution in [-0.2, 0) is 0 Å². The van der Waals surface area contributed by atoms with Crippen molar-refractivity contribution < 1.29 is 0 Å². The van der Waals surface area contributed by atoms with Crippen molar-refractivity contribution in [2.24, 2.45) is 9.98 Å². The fraction of sp³-hybridized carbons (Fsp3) is 0.500. The monoisotopic (exact) mass is 233 g/mol. The van der Waals surface area contributed by atoms with Gasteiger partial charge in [-0.25, -0.2) is 9.98 Å². The average molecular weight is 233 g/mol. The number of hydrogen-bond acceptors (Lipinski definition) is 3. The zero-order valence-corrected chi connectivity index (χ0v) is 10.6. The van der Waals surface area contributed by atoms with E-state index in [4.69, 9.17) is 0 Å². The Morgan fingerprint density at radius 3 is 3.00 bits per heavy atom. The van der Waals surface area contributed by atoms with Crippen LogP contribution in [0.15, 0.2) is 33.8 Å². The van der Waals surface area contributed by atoms with E-state index in [1.807, 2.05) is 25.9 Å². The van der Waals surface area contributed by atoms with E-state index < -0.39 is 0 Å².